The second-order valence-electron chi connectivity index (χ2n) is 7.54. The first-order valence-corrected chi connectivity index (χ1v) is 10.2. The van der Waals surface area contributed by atoms with Crippen molar-refractivity contribution in [2.24, 2.45) is 0 Å². The first kappa shape index (κ1) is 21.4. The van der Waals surface area contributed by atoms with Crippen LogP contribution in [0.3, 0.4) is 0 Å². The summed E-state index contributed by atoms with van der Waals surface area (Å²) in [6, 6.07) is 17.2. The average molecular weight is 405 g/mol. The molecular formula is C25H28N2O3. The molecule has 0 spiro atoms. The lowest BCUT2D eigenvalue weighted by molar-refractivity contribution is 0.0945. The van der Waals surface area contributed by atoms with Crippen molar-refractivity contribution in [3.8, 4) is 5.75 Å². The van der Waals surface area contributed by atoms with Gasteiger partial charge in [-0.05, 0) is 57.0 Å². The lowest BCUT2D eigenvalue weighted by Gasteiger charge is -2.21. The smallest absolute Gasteiger partial charge is 0.253 e. The number of aromatic amines is 1. The van der Waals surface area contributed by atoms with Crippen molar-refractivity contribution in [2.45, 2.75) is 46.8 Å². The van der Waals surface area contributed by atoms with Gasteiger partial charge in [-0.15, -0.1) is 0 Å². The van der Waals surface area contributed by atoms with Gasteiger partial charge in [0, 0.05) is 28.9 Å². The minimum Gasteiger partial charge on any atom is -0.486 e. The van der Waals surface area contributed by atoms with Crippen molar-refractivity contribution in [1.82, 2.24) is 10.3 Å². The van der Waals surface area contributed by atoms with Crippen LogP contribution >= 0.6 is 0 Å². The number of hydrogen-bond donors (Lipinski definition) is 2. The highest BCUT2D eigenvalue weighted by Gasteiger charge is 2.20. The molecule has 0 aliphatic heterocycles. The summed E-state index contributed by atoms with van der Waals surface area (Å²) in [5.41, 5.74) is 4.52. The Hall–Kier alpha value is -3.34. The van der Waals surface area contributed by atoms with Gasteiger partial charge in [-0.2, -0.15) is 0 Å². The van der Waals surface area contributed by atoms with Gasteiger partial charge < -0.3 is 15.0 Å². The van der Waals surface area contributed by atoms with Crippen LogP contribution in [0.1, 0.15) is 57.8 Å². The Morgan fingerprint density at radius 2 is 1.80 bits per heavy atom. The summed E-state index contributed by atoms with van der Waals surface area (Å²) in [6.07, 6.45) is 0.465. The average Bonchev–Trinajstić information content (AvgIpc) is 2.71. The Bertz CT molecular complexity index is 1090. The second-order valence-corrected chi connectivity index (χ2v) is 7.54. The highest BCUT2D eigenvalue weighted by Crippen LogP contribution is 2.28. The summed E-state index contributed by atoms with van der Waals surface area (Å²) in [5.74, 6) is 0.540. The number of ether oxygens (including phenoxy) is 1. The van der Waals surface area contributed by atoms with Crippen LogP contribution in [0.4, 0.5) is 0 Å². The van der Waals surface area contributed by atoms with Gasteiger partial charge in [-0.3, -0.25) is 9.59 Å². The standard InChI is InChI=1S/C25H28N2O3/c1-5-23(30-19-9-7-6-8-10-19)21-13-16(2)11-12-20(21)24(28)26-15-22-17(3)14-18(4)27-25(22)29/h6-14,23H,5,15H2,1-4H3,(H,26,28)(H,27,29). The zero-order chi connectivity index (χ0) is 21.7. The number of H-pyrrole nitrogens is 1. The summed E-state index contributed by atoms with van der Waals surface area (Å²) in [5, 5.41) is 2.90. The van der Waals surface area contributed by atoms with Gasteiger partial charge >= 0.3 is 0 Å². The van der Waals surface area contributed by atoms with E-state index >= 15 is 0 Å². The summed E-state index contributed by atoms with van der Waals surface area (Å²) >= 11 is 0. The predicted molar refractivity (Wildman–Crippen MR) is 119 cm³/mol. The molecule has 0 saturated heterocycles. The van der Waals surface area contributed by atoms with Crippen LogP contribution in [-0.4, -0.2) is 10.9 Å². The number of pyridine rings is 1. The largest absolute Gasteiger partial charge is 0.486 e. The summed E-state index contributed by atoms with van der Waals surface area (Å²) < 4.78 is 6.17. The van der Waals surface area contributed by atoms with Crippen LogP contribution in [0.5, 0.6) is 5.75 Å². The molecule has 1 amide bonds. The van der Waals surface area contributed by atoms with Gasteiger partial charge in [-0.25, -0.2) is 0 Å². The fourth-order valence-electron chi connectivity index (χ4n) is 3.55. The van der Waals surface area contributed by atoms with Gasteiger partial charge in [0.15, 0.2) is 0 Å². The molecule has 0 bridgehead atoms. The van der Waals surface area contributed by atoms with Crippen LogP contribution in [0.25, 0.3) is 0 Å². The van der Waals surface area contributed by atoms with E-state index in [9.17, 15) is 9.59 Å². The van der Waals surface area contributed by atoms with Gasteiger partial charge in [0.25, 0.3) is 11.5 Å². The highest BCUT2D eigenvalue weighted by atomic mass is 16.5. The molecule has 0 aliphatic carbocycles. The topological polar surface area (TPSA) is 71.2 Å². The molecule has 0 radical (unpaired) electrons. The van der Waals surface area contributed by atoms with E-state index in [1.165, 1.54) is 0 Å². The Morgan fingerprint density at radius 3 is 2.47 bits per heavy atom. The fraction of sp³-hybridized carbons (Fsp3) is 0.280. The van der Waals surface area contributed by atoms with Gasteiger partial charge in [0.2, 0.25) is 0 Å². The molecule has 3 aromatic rings. The quantitative estimate of drug-likeness (QED) is 0.596. The maximum absolute atomic E-state index is 13.0. The Labute approximate surface area is 177 Å². The highest BCUT2D eigenvalue weighted by molar-refractivity contribution is 5.95. The van der Waals surface area contributed by atoms with Crippen LogP contribution in [0.2, 0.25) is 0 Å². The molecule has 1 atom stereocenters. The Morgan fingerprint density at radius 1 is 1.07 bits per heavy atom. The Kier molecular flexibility index (Phi) is 6.72. The number of nitrogens with one attached hydrogen (secondary N) is 2. The molecule has 1 aromatic heterocycles. The molecule has 0 saturated carbocycles. The zero-order valence-electron chi connectivity index (χ0n) is 17.9. The van der Waals surface area contributed by atoms with E-state index in [1.54, 1.807) is 0 Å². The van der Waals surface area contributed by atoms with E-state index < -0.39 is 0 Å². The molecule has 3 rings (SSSR count). The van der Waals surface area contributed by atoms with E-state index in [-0.39, 0.29) is 24.1 Å². The number of para-hydroxylation sites is 1. The first-order chi connectivity index (χ1) is 14.4. The van der Waals surface area contributed by atoms with Crippen molar-refractivity contribution >= 4 is 5.91 Å². The molecule has 0 aliphatic rings. The van der Waals surface area contributed by atoms with Crippen molar-refractivity contribution in [3.05, 3.63) is 98.5 Å². The molecule has 30 heavy (non-hydrogen) atoms. The van der Waals surface area contributed by atoms with Crippen LogP contribution in [0, 0.1) is 20.8 Å². The molecular weight excluding hydrogens is 376 g/mol. The first-order valence-electron chi connectivity index (χ1n) is 10.2. The number of rotatable bonds is 7. The van der Waals surface area contributed by atoms with E-state index in [0.29, 0.717) is 11.1 Å². The van der Waals surface area contributed by atoms with Crippen molar-refractivity contribution in [2.75, 3.05) is 0 Å². The van der Waals surface area contributed by atoms with Crippen LogP contribution < -0.4 is 15.6 Å². The molecule has 1 unspecified atom stereocenters. The predicted octanol–water partition coefficient (Wildman–Crippen LogP) is 4.76. The summed E-state index contributed by atoms with van der Waals surface area (Å²) in [6.45, 7) is 7.92. The lowest BCUT2D eigenvalue weighted by Crippen LogP contribution is -2.29. The minimum absolute atomic E-state index is 0.171. The molecule has 156 valence electrons. The number of carbonyl (C=O) groups excluding carboxylic acids is 1. The molecule has 2 N–H and O–H groups in total. The van der Waals surface area contributed by atoms with Gasteiger partial charge in [-0.1, -0.05) is 42.8 Å². The Balaban J connectivity index is 1.85. The second kappa shape index (κ2) is 9.44. The van der Waals surface area contributed by atoms with E-state index in [4.69, 9.17) is 4.74 Å². The number of aromatic nitrogens is 1. The summed E-state index contributed by atoms with van der Waals surface area (Å²) in [7, 11) is 0. The van der Waals surface area contributed by atoms with E-state index in [2.05, 4.69) is 10.3 Å². The maximum atomic E-state index is 13.0. The number of carbonyl (C=O) groups is 1. The van der Waals surface area contributed by atoms with Crippen molar-refractivity contribution in [3.63, 3.8) is 0 Å². The minimum atomic E-state index is -0.252. The third kappa shape index (κ3) is 4.98. The molecule has 2 aromatic carbocycles. The zero-order valence-corrected chi connectivity index (χ0v) is 17.9. The van der Waals surface area contributed by atoms with Crippen molar-refractivity contribution in [1.29, 1.82) is 0 Å². The number of hydrogen-bond acceptors (Lipinski definition) is 3. The van der Waals surface area contributed by atoms with E-state index in [0.717, 1.165) is 34.6 Å². The lowest BCUT2D eigenvalue weighted by atomic mass is 9.97. The SMILES string of the molecule is CCC(Oc1ccccc1)c1cc(C)ccc1C(=O)NCc1c(C)cc(C)[nH]c1=O. The molecule has 0 fully saturated rings. The molecule has 5 nitrogen and oxygen atoms in total. The maximum Gasteiger partial charge on any atom is 0.253 e. The van der Waals surface area contributed by atoms with Gasteiger partial charge in [0.05, 0.1) is 0 Å². The summed E-state index contributed by atoms with van der Waals surface area (Å²) in [4.78, 5) is 28.1. The number of aryl methyl sites for hydroxylation is 3. The monoisotopic (exact) mass is 404 g/mol. The van der Waals surface area contributed by atoms with Crippen LogP contribution in [0.15, 0.2) is 59.4 Å². The fourth-order valence-corrected chi connectivity index (χ4v) is 3.55. The number of benzene rings is 2. The van der Waals surface area contributed by atoms with E-state index in [1.807, 2.05) is 82.3 Å². The molecule has 1 heterocycles. The molecule has 5 heteroatoms. The third-order valence-electron chi connectivity index (χ3n) is 5.11. The van der Waals surface area contributed by atoms with Gasteiger partial charge in [0.1, 0.15) is 11.9 Å². The third-order valence-corrected chi connectivity index (χ3v) is 5.11. The normalized spacial score (nSPS) is 11.7. The van der Waals surface area contributed by atoms with Crippen molar-refractivity contribution < 1.29 is 9.53 Å². The van der Waals surface area contributed by atoms with Crippen LogP contribution in [-0.2, 0) is 6.54 Å². The number of amides is 1.